The second kappa shape index (κ2) is 7.00. The summed E-state index contributed by atoms with van der Waals surface area (Å²) in [5.74, 6) is -0.124. The van der Waals surface area contributed by atoms with Gasteiger partial charge in [-0.3, -0.25) is 9.79 Å². The highest BCUT2D eigenvalue weighted by Crippen LogP contribution is 2.40. The SMILES string of the molecule is COC(=O)C1(C)CCC(N=C(c2ccccc2)c2ccccc2)C1. The Labute approximate surface area is 143 Å². The van der Waals surface area contributed by atoms with Crippen molar-refractivity contribution in [3.05, 3.63) is 71.8 Å². The highest BCUT2D eigenvalue weighted by atomic mass is 16.5. The Kier molecular flexibility index (Phi) is 4.79. The fourth-order valence-corrected chi connectivity index (χ4v) is 3.44. The average Bonchev–Trinajstić information content (AvgIpc) is 3.02. The van der Waals surface area contributed by atoms with E-state index in [4.69, 9.17) is 9.73 Å². The summed E-state index contributed by atoms with van der Waals surface area (Å²) in [6.45, 7) is 1.99. The standard InChI is InChI=1S/C21H23NO2/c1-21(20(23)24-2)14-13-18(15-21)22-19(16-9-5-3-6-10-16)17-11-7-4-8-12-17/h3-12,18H,13-15H2,1-2H3. The van der Waals surface area contributed by atoms with E-state index in [1.165, 1.54) is 7.11 Å². The summed E-state index contributed by atoms with van der Waals surface area (Å²) >= 11 is 0. The van der Waals surface area contributed by atoms with Crippen LogP contribution in [0.5, 0.6) is 0 Å². The predicted molar refractivity (Wildman–Crippen MR) is 96.3 cm³/mol. The molecule has 0 aliphatic heterocycles. The van der Waals surface area contributed by atoms with Gasteiger partial charge in [0, 0.05) is 11.1 Å². The minimum Gasteiger partial charge on any atom is -0.469 e. The number of carbonyl (C=O) groups excluding carboxylic acids is 1. The van der Waals surface area contributed by atoms with E-state index in [0.29, 0.717) is 0 Å². The van der Waals surface area contributed by atoms with Crippen molar-refractivity contribution in [3.63, 3.8) is 0 Å². The van der Waals surface area contributed by atoms with Crippen molar-refractivity contribution < 1.29 is 9.53 Å². The van der Waals surface area contributed by atoms with Crippen LogP contribution in [0.25, 0.3) is 0 Å². The van der Waals surface area contributed by atoms with E-state index in [9.17, 15) is 4.79 Å². The van der Waals surface area contributed by atoms with Crippen LogP contribution in [0.1, 0.15) is 37.3 Å². The largest absolute Gasteiger partial charge is 0.469 e. The Balaban J connectivity index is 1.93. The van der Waals surface area contributed by atoms with Gasteiger partial charge in [-0.2, -0.15) is 0 Å². The average molecular weight is 321 g/mol. The van der Waals surface area contributed by atoms with Gasteiger partial charge in [0.05, 0.1) is 24.3 Å². The lowest BCUT2D eigenvalue weighted by atomic mass is 9.89. The summed E-state index contributed by atoms with van der Waals surface area (Å²) in [5, 5.41) is 0. The second-order valence-electron chi connectivity index (χ2n) is 6.66. The highest BCUT2D eigenvalue weighted by Gasteiger charge is 2.42. The molecule has 0 bridgehead atoms. The number of nitrogens with zero attached hydrogens (tertiary/aromatic N) is 1. The van der Waals surface area contributed by atoms with Crippen molar-refractivity contribution in [2.24, 2.45) is 10.4 Å². The molecule has 124 valence electrons. The molecule has 2 aromatic rings. The van der Waals surface area contributed by atoms with Crippen LogP contribution in [0.4, 0.5) is 0 Å². The number of ether oxygens (including phenoxy) is 1. The van der Waals surface area contributed by atoms with Gasteiger partial charge in [-0.25, -0.2) is 0 Å². The zero-order chi connectivity index (χ0) is 17.0. The van der Waals surface area contributed by atoms with Crippen molar-refractivity contribution in [2.45, 2.75) is 32.2 Å². The molecule has 0 N–H and O–H groups in total. The van der Waals surface area contributed by atoms with Crippen LogP contribution >= 0.6 is 0 Å². The molecule has 1 saturated carbocycles. The molecule has 1 aliphatic rings. The number of aliphatic imine (C=N–C) groups is 1. The number of carbonyl (C=O) groups is 1. The molecule has 0 amide bonds. The summed E-state index contributed by atoms with van der Waals surface area (Å²) in [5.41, 5.74) is 2.79. The van der Waals surface area contributed by atoms with Crippen LogP contribution < -0.4 is 0 Å². The van der Waals surface area contributed by atoms with Crippen LogP contribution in [0.3, 0.4) is 0 Å². The summed E-state index contributed by atoms with van der Waals surface area (Å²) in [6.07, 6.45) is 2.47. The number of methoxy groups -OCH3 is 1. The van der Waals surface area contributed by atoms with Crippen molar-refractivity contribution in [1.29, 1.82) is 0 Å². The quantitative estimate of drug-likeness (QED) is 0.623. The molecule has 1 fully saturated rings. The van der Waals surface area contributed by atoms with Crippen LogP contribution in [-0.2, 0) is 9.53 Å². The van der Waals surface area contributed by atoms with Crippen molar-refractivity contribution >= 4 is 11.7 Å². The Bertz CT molecular complexity index is 683. The first kappa shape index (κ1) is 16.4. The van der Waals surface area contributed by atoms with E-state index in [2.05, 4.69) is 24.3 Å². The molecular weight excluding hydrogens is 298 g/mol. The van der Waals surface area contributed by atoms with Crippen LogP contribution in [-0.4, -0.2) is 24.8 Å². The molecule has 0 radical (unpaired) electrons. The summed E-state index contributed by atoms with van der Waals surface area (Å²) in [4.78, 5) is 17.1. The van der Waals surface area contributed by atoms with Gasteiger partial charge in [-0.05, 0) is 26.2 Å². The van der Waals surface area contributed by atoms with Crippen LogP contribution in [0.15, 0.2) is 65.7 Å². The third-order valence-corrected chi connectivity index (χ3v) is 4.80. The van der Waals surface area contributed by atoms with E-state index < -0.39 is 5.41 Å². The Morgan fingerprint density at radius 2 is 1.58 bits per heavy atom. The molecule has 2 atom stereocenters. The number of benzene rings is 2. The molecule has 24 heavy (non-hydrogen) atoms. The smallest absolute Gasteiger partial charge is 0.311 e. The van der Waals surface area contributed by atoms with Gasteiger partial charge < -0.3 is 4.74 Å². The van der Waals surface area contributed by atoms with Crippen molar-refractivity contribution in [3.8, 4) is 0 Å². The molecule has 0 spiro atoms. The maximum atomic E-state index is 12.0. The first-order valence-electron chi connectivity index (χ1n) is 8.39. The lowest BCUT2D eigenvalue weighted by Crippen LogP contribution is -2.26. The van der Waals surface area contributed by atoms with Crippen molar-refractivity contribution in [2.75, 3.05) is 7.11 Å². The Morgan fingerprint density at radius 3 is 2.08 bits per heavy atom. The second-order valence-corrected chi connectivity index (χ2v) is 6.66. The normalized spacial score (nSPS) is 22.8. The van der Waals surface area contributed by atoms with Crippen LogP contribution in [0, 0.1) is 5.41 Å². The zero-order valence-electron chi connectivity index (χ0n) is 14.2. The van der Waals surface area contributed by atoms with Gasteiger partial charge >= 0.3 is 5.97 Å². The molecule has 1 aliphatic carbocycles. The van der Waals surface area contributed by atoms with Crippen molar-refractivity contribution in [1.82, 2.24) is 0 Å². The van der Waals surface area contributed by atoms with Crippen LogP contribution in [0.2, 0.25) is 0 Å². The molecule has 3 heteroatoms. The first-order chi connectivity index (χ1) is 11.6. The summed E-state index contributed by atoms with van der Waals surface area (Å²) in [6, 6.07) is 20.6. The topological polar surface area (TPSA) is 38.7 Å². The summed E-state index contributed by atoms with van der Waals surface area (Å²) < 4.78 is 4.97. The van der Waals surface area contributed by atoms with E-state index in [0.717, 1.165) is 36.1 Å². The van der Waals surface area contributed by atoms with Gasteiger partial charge in [0.2, 0.25) is 0 Å². The maximum absolute atomic E-state index is 12.0. The number of esters is 1. The number of hydrogen-bond donors (Lipinski definition) is 0. The molecular formula is C21H23NO2. The van der Waals surface area contributed by atoms with E-state index >= 15 is 0 Å². The monoisotopic (exact) mass is 321 g/mol. The number of hydrogen-bond acceptors (Lipinski definition) is 3. The summed E-state index contributed by atoms with van der Waals surface area (Å²) in [7, 11) is 1.46. The molecule has 3 nitrogen and oxygen atoms in total. The lowest BCUT2D eigenvalue weighted by molar-refractivity contribution is -0.151. The fourth-order valence-electron chi connectivity index (χ4n) is 3.44. The molecule has 2 aromatic carbocycles. The minimum atomic E-state index is -0.415. The Hall–Kier alpha value is -2.42. The van der Waals surface area contributed by atoms with Gasteiger partial charge in [0.25, 0.3) is 0 Å². The fraction of sp³-hybridized carbons (Fsp3) is 0.333. The van der Waals surface area contributed by atoms with Gasteiger partial charge in [0.1, 0.15) is 0 Å². The lowest BCUT2D eigenvalue weighted by Gasteiger charge is -2.20. The van der Waals surface area contributed by atoms with E-state index in [1.807, 2.05) is 43.3 Å². The predicted octanol–water partition coefficient (Wildman–Crippen LogP) is 4.26. The maximum Gasteiger partial charge on any atom is 0.311 e. The molecule has 0 aromatic heterocycles. The molecule has 2 unspecified atom stereocenters. The van der Waals surface area contributed by atoms with Gasteiger partial charge in [0.15, 0.2) is 0 Å². The highest BCUT2D eigenvalue weighted by molar-refractivity contribution is 6.13. The molecule has 3 rings (SSSR count). The third-order valence-electron chi connectivity index (χ3n) is 4.80. The zero-order valence-corrected chi connectivity index (χ0v) is 14.2. The minimum absolute atomic E-state index is 0.124. The van der Waals surface area contributed by atoms with Gasteiger partial charge in [-0.15, -0.1) is 0 Å². The van der Waals surface area contributed by atoms with Gasteiger partial charge in [-0.1, -0.05) is 60.7 Å². The molecule has 0 saturated heterocycles. The Morgan fingerprint density at radius 1 is 1.04 bits per heavy atom. The van der Waals surface area contributed by atoms with E-state index in [1.54, 1.807) is 0 Å². The number of rotatable bonds is 4. The molecule has 0 heterocycles. The van der Waals surface area contributed by atoms with E-state index in [-0.39, 0.29) is 12.0 Å². The third kappa shape index (κ3) is 3.40. The first-order valence-corrected chi connectivity index (χ1v) is 8.39.